The Labute approximate surface area is 181 Å². The molecule has 1 unspecified atom stereocenters. The highest BCUT2D eigenvalue weighted by atomic mass is 32.2. The van der Waals surface area contributed by atoms with Crippen molar-refractivity contribution in [1.82, 2.24) is 4.90 Å². The molecule has 0 aromatic heterocycles. The molecule has 0 radical (unpaired) electrons. The zero-order chi connectivity index (χ0) is 21.1. The van der Waals surface area contributed by atoms with Crippen LogP contribution in [0.15, 0.2) is 72.8 Å². The van der Waals surface area contributed by atoms with Gasteiger partial charge in [0.25, 0.3) is 5.91 Å². The van der Waals surface area contributed by atoms with E-state index in [4.69, 9.17) is 0 Å². The average Bonchev–Trinajstić information content (AvgIpc) is 3.12. The van der Waals surface area contributed by atoms with Crippen LogP contribution in [0.2, 0.25) is 0 Å². The van der Waals surface area contributed by atoms with Gasteiger partial charge in [-0.25, -0.2) is 0 Å². The minimum absolute atomic E-state index is 0.0339. The summed E-state index contributed by atoms with van der Waals surface area (Å²) in [5.41, 5.74) is 5.69. The quantitative estimate of drug-likeness (QED) is 0.612. The minimum Gasteiger partial charge on any atom is -0.322 e. The van der Waals surface area contributed by atoms with Gasteiger partial charge < -0.3 is 10.2 Å². The van der Waals surface area contributed by atoms with Gasteiger partial charge in [0, 0.05) is 17.8 Å². The molecule has 4 nitrogen and oxygen atoms in total. The van der Waals surface area contributed by atoms with Gasteiger partial charge >= 0.3 is 0 Å². The summed E-state index contributed by atoms with van der Waals surface area (Å²) in [4.78, 5) is 27.1. The first-order chi connectivity index (χ1) is 14.5. The highest BCUT2D eigenvalue weighted by Gasteiger charge is 2.32. The lowest BCUT2D eigenvalue weighted by Gasteiger charge is -2.24. The van der Waals surface area contributed by atoms with Crippen molar-refractivity contribution >= 4 is 29.3 Å². The van der Waals surface area contributed by atoms with Crippen LogP contribution in [0.1, 0.15) is 38.0 Å². The molecule has 0 spiro atoms. The molecule has 1 heterocycles. The van der Waals surface area contributed by atoms with Gasteiger partial charge in [0.2, 0.25) is 5.91 Å². The van der Waals surface area contributed by atoms with E-state index in [1.54, 1.807) is 11.8 Å². The van der Waals surface area contributed by atoms with Gasteiger partial charge in [0.15, 0.2) is 0 Å². The van der Waals surface area contributed by atoms with Crippen molar-refractivity contribution < 1.29 is 9.59 Å². The first-order valence-corrected chi connectivity index (χ1v) is 11.0. The number of benzene rings is 3. The van der Waals surface area contributed by atoms with Crippen molar-refractivity contribution in [2.45, 2.75) is 25.8 Å². The number of hydrogen-bond donors (Lipinski definition) is 1. The Morgan fingerprint density at radius 2 is 1.63 bits per heavy atom. The molecule has 1 atom stereocenters. The maximum Gasteiger partial charge on any atom is 0.255 e. The van der Waals surface area contributed by atoms with E-state index >= 15 is 0 Å². The van der Waals surface area contributed by atoms with Crippen molar-refractivity contribution in [3.05, 3.63) is 101 Å². The standard InChI is InChI=1S/C25H24N2O2S/c1-17-7-6-8-18(2)23(17)26-24(29)20-11-13-21(14-12-20)25-27(22(28)16-30-25)15-19-9-4-3-5-10-19/h3-14,25H,15-16H2,1-2H3,(H,26,29). The summed E-state index contributed by atoms with van der Waals surface area (Å²) < 4.78 is 0. The van der Waals surface area contributed by atoms with Gasteiger partial charge in [0.05, 0.1) is 5.75 Å². The lowest BCUT2D eigenvalue weighted by atomic mass is 10.1. The van der Waals surface area contributed by atoms with Crippen molar-refractivity contribution in [2.24, 2.45) is 0 Å². The molecule has 1 N–H and O–H groups in total. The molecule has 0 aliphatic carbocycles. The third kappa shape index (κ3) is 4.26. The highest BCUT2D eigenvalue weighted by Crippen LogP contribution is 2.39. The van der Waals surface area contributed by atoms with Crippen LogP contribution in [0.5, 0.6) is 0 Å². The Morgan fingerprint density at radius 1 is 0.967 bits per heavy atom. The number of thioether (sulfide) groups is 1. The molecule has 0 saturated carbocycles. The number of para-hydroxylation sites is 1. The smallest absolute Gasteiger partial charge is 0.255 e. The summed E-state index contributed by atoms with van der Waals surface area (Å²) >= 11 is 1.63. The zero-order valence-electron chi connectivity index (χ0n) is 17.1. The Bertz CT molecular complexity index is 1040. The number of nitrogens with one attached hydrogen (secondary N) is 1. The normalized spacial score (nSPS) is 16.0. The van der Waals surface area contributed by atoms with Crippen molar-refractivity contribution in [1.29, 1.82) is 0 Å². The van der Waals surface area contributed by atoms with E-state index in [9.17, 15) is 9.59 Å². The molecule has 1 aliphatic rings. The van der Waals surface area contributed by atoms with E-state index in [0.29, 0.717) is 17.9 Å². The topological polar surface area (TPSA) is 49.4 Å². The van der Waals surface area contributed by atoms with Crippen molar-refractivity contribution in [3.8, 4) is 0 Å². The molecule has 4 rings (SSSR count). The van der Waals surface area contributed by atoms with Crippen LogP contribution in [-0.4, -0.2) is 22.5 Å². The Kier molecular flexibility index (Phi) is 5.91. The number of hydrogen-bond acceptors (Lipinski definition) is 3. The lowest BCUT2D eigenvalue weighted by Crippen LogP contribution is -2.27. The minimum atomic E-state index is -0.129. The zero-order valence-corrected chi connectivity index (χ0v) is 17.9. The van der Waals surface area contributed by atoms with Crippen LogP contribution >= 0.6 is 11.8 Å². The van der Waals surface area contributed by atoms with E-state index < -0.39 is 0 Å². The molecule has 5 heteroatoms. The summed E-state index contributed by atoms with van der Waals surface area (Å²) in [5, 5.41) is 2.99. The van der Waals surface area contributed by atoms with Crippen molar-refractivity contribution in [2.75, 3.05) is 11.1 Å². The van der Waals surface area contributed by atoms with Crippen LogP contribution in [0, 0.1) is 13.8 Å². The fourth-order valence-corrected chi connectivity index (χ4v) is 4.87. The lowest BCUT2D eigenvalue weighted by molar-refractivity contribution is -0.128. The molecule has 3 aromatic carbocycles. The summed E-state index contributed by atoms with van der Waals surface area (Å²) in [6.45, 7) is 4.56. The number of amides is 2. The predicted molar refractivity (Wildman–Crippen MR) is 123 cm³/mol. The molecule has 30 heavy (non-hydrogen) atoms. The fourth-order valence-electron chi connectivity index (χ4n) is 3.68. The summed E-state index contributed by atoms with van der Waals surface area (Å²) in [6, 6.07) is 23.6. The second-order valence-corrected chi connectivity index (χ2v) is 8.58. The molecular formula is C25H24N2O2S. The molecule has 3 aromatic rings. The molecule has 0 bridgehead atoms. The number of anilines is 1. The molecule has 1 aliphatic heterocycles. The average molecular weight is 417 g/mol. The van der Waals surface area contributed by atoms with Gasteiger partial charge in [-0.05, 0) is 48.2 Å². The molecular weight excluding hydrogens is 392 g/mol. The Balaban J connectivity index is 1.50. The largest absolute Gasteiger partial charge is 0.322 e. The molecule has 2 amide bonds. The number of aryl methyl sites for hydroxylation is 2. The van der Waals surface area contributed by atoms with Crippen LogP contribution < -0.4 is 5.32 Å². The molecule has 1 fully saturated rings. The van der Waals surface area contributed by atoms with Crippen LogP contribution in [-0.2, 0) is 11.3 Å². The van der Waals surface area contributed by atoms with E-state index in [-0.39, 0.29) is 17.2 Å². The maximum atomic E-state index is 12.7. The summed E-state index contributed by atoms with van der Waals surface area (Å²) in [6.07, 6.45) is 0. The SMILES string of the molecule is Cc1cccc(C)c1NC(=O)c1ccc(C2SCC(=O)N2Cc2ccccc2)cc1. The van der Waals surface area contributed by atoms with Crippen LogP contribution in [0.25, 0.3) is 0 Å². The number of carbonyl (C=O) groups is 2. The molecule has 152 valence electrons. The van der Waals surface area contributed by atoms with Gasteiger partial charge in [-0.3, -0.25) is 9.59 Å². The first kappa shape index (κ1) is 20.2. The van der Waals surface area contributed by atoms with E-state index in [1.165, 1.54) is 0 Å². The predicted octanol–water partition coefficient (Wildman–Crippen LogP) is 5.33. The number of rotatable bonds is 5. The van der Waals surface area contributed by atoms with Crippen LogP contribution in [0.3, 0.4) is 0 Å². The third-order valence-corrected chi connectivity index (χ3v) is 6.60. The van der Waals surface area contributed by atoms with E-state index in [1.807, 2.05) is 91.5 Å². The van der Waals surface area contributed by atoms with Gasteiger partial charge in [-0.15, -0.1) is 11.8 Å². The van der Waals surface area contributed by atoms with E-state index in [2.05, 4.69) is 5.32 Å². The van der Waals surface area contributed by atoms with Gasteiger partial charge in [-0.1, -0.05) is 60.7 Å². The summed E-state index contributed by atoms with van der Waals surface area (Å²) in [5.74, 6) is 0.493. The number of nitrogens with zero attached hydrogens (tertiary/aromatic N) is 1. The van der Waals surface area contributed by atoms with Crippen LogP contribution in [0.4, 0.5) is 5.69 Å². The Morgan fingerprint density at radius 3 is 2.30 bits per heavy atom. The second kappa shape index (κ2) is 8.76. The van der Waals surface area contributed by atoms with Gasteiger partial charge in [0.1, 0.15) is 5.37 Å². The number of carbonyl (C=O) groups excluding carboxylic acids is 2. The van der Waals surface area contributed by atoms with Gasteiger partial charge in [-0.2, -0.15) is 0 Å². The second-order valence-electron chi connectivity index (χ2n) is 7.51. The summed E-state index contributed by atoms with van der Waals surface area (Å²) in [7, 11) is 0. The third-order valence-electron chi connectivity index (χ3n) is 5.34. The first-order valence-electron chi connectivity index (χ1n) is 9.95. The Hall–Kier alpha value is -3.05. The van der Waals surface area contributed by atoms with E-state index in [0.717, 1.165) is 27.9 Å². The van der Waals surface area contributed by atoms with Crippen molar-refractivity contribution in [3.63, 3.8) is 0 Å². The maximum absolute atomic E-state index is 12.7. The molecule has 1 saturated heterocycles. The highest BCUT2D eigenvalue weighted by molar-refractivity contribution is 8.00. The monoisotopic (exact) mass is 416 g/mol. The fraction of sp³-hybridized carbons (Fsp3) is 0.200.